The molecule has 0 aromatic heterocycles. The van der Waals surface area contributed by atoms with Gasteiger partial charge < -0.3 is 15.2 Å². The zero-order valence-corrected chi connectivity index (χ0v) is 10.8. The fraction of sp³-hybridized carbons (Fsp3) is 0.333. The Hall–Kier alpha value is -1.59. The molecule has 0 saturated carbocycles. The predicted octanol–water partition coefficient (Wildman–Crippen LogP) is 1.62. The van der Waals surface area contributed by atoms with Gasteiger partial charge in [0.2, 0.25) is 5.91 Å². The summed E-state index contributed by atoms with van der Waals surface area (Å²) in [6, 6.07) is 5.13. The van der Waals surface area contributed by atoms with Crippen molar-refractivity contribution in [2.24, 2.45) is 0 Å². The molecule has 2 unspecified atom stereocenters. The largest absolute Gasteiger partial charge is 0.479 e. The lowest BCUT2D eigenvalue weighted by molar-refractivity contribution is -0.143. The predicted molar refractivity (Wildman–Crippen MR) is 66.4 cm³/mol. The first-order valence-corrected chi connectivity index (χ1v) is 5.65. The number of carboxylic acid groups (broad SMARTS) is 1. The summed E-state index contributed by atoms with van der Waals surface area (Å²) in [5.74, 6) is -1.63. The Balaban J connectivity index is 2.87. The topological polar surface area (TPSA) is 75.6 Å². The molecule has 0 bridgehead atoms. The van der Waals surface area contributed by atoms with E-state index in [0.29, 0.717) is 10.6 Å². The van der Waals surface area contributed by atoms with Gasteiger partial charge in [0.25, 0.3) is 0 Å². The van der Waals surface area contributed by atoms with Crippen LogP contribution in [0.15, 0.2) is 24.3 Å². The van der Waals surface area contributed by atoms with Crippen molar-refractivity contribution in [2.75, 3.05) is 7.11 Å². The van der Waals surface area contributed by atoms with Crippen LogP contribution in [-0.4, -0.2) is 30.2 Å². The fourth-order valence-corrected chi connectivity index (χ4v) is 1.44. The molecule has 1 aromatic rings. The van der Waals surface area contributed by atoms with Crippen LogP contribution in [0.2, 0.25) is 5.02 Å². The number of amides is 1. The van der Waals surface area contributed by atoms with E-state index in [-0.39, 0.29) is 0 Å². The quantitative estimate of drug-likeness (QED) is 0.853. The number of hydrogen-bond donors (Lipinski definition) is 2. The molecule has 0 aliphatic carbocycles. The molecule has 2 N–H and O–H groups in total. The van der Waals surface area contributed by atoms with Crippen LogP contribution in [0.4, 0.5) is 0 Å². The lowest BCUT2D eigenvalue weighted by Gasteiger charge is -2.17. The van der Waals surface area contributed by atoms with Crippen molar-refractivity contribution < 1.29 is 19.4 Å². The summed E-state index contributed by atoms with van der Waals surface area (Å²) in [5.41, 5.74) is 0.448. The van der Waals surface area contributed by atoms with Gasteiger partial charge in [-0.05, 0) is 24.6 Å². The zero-order chi connectivity index (χ0) is 13.7. The molecule has 98 valence electrons. The fourth-order valence-electron chi connectivity index (χ4n) is 1.31. The van der Waals surface area contributed by atoms with E-state index in [9.17, 15) is 9.59 Å². The third-order valence-corrected chi connectivity index (χ3v) is 2.71. The molecule has 0 aliphatic heterocycles. The van der Waals surface area contributed by atoms with Crippen molar-refractivity contribution in [3.8, 4) is 0 Å². The summed E-state index contributed by atoms with van der Waals surface area (Å²) in [6.45, 7) is 1.54. The van der Waals surface area contributed by atoms with E-state index in [0.717, 1.165) is 0 Å². The van der Waals surface area contributed by atoms with Crippen molar-refractivity contribution in [1.29, 1.82) is 0 Å². The molecule has 0 saturated heterocycles. The van der Waals surface area contributed by atoms with Crippen LogP contribution >= 0.6 is 11.6 Å². The summed E-state index contributed by atoms with van der Waals surface area (Å²) < 4.78 is 4.82. The monoisotopic (exact) mass is 271 g/mol. The molecular weight excluding hydrogens is 258 g/mol. The second kappa shape index (κ2) is 6.37. The highest BCUT2D eigenvalue weighted by molar-refractivity contribution is 6.30. The Labute approximate surface area is 110 Å². The summed E-state index contributed by atoms with van der Waals surface area (Å²) >= 11 is 5.72. The summed E-state index contributed by atoms with van der Waals surface area (Å²) in [6.07, 6.45) is -0.709. The van der Waals surface area contributed by atoms with E-state index < -0.39 is 24.0 Å². The third-order valence-electron chi connectivity index (χ3n) is 2.46. The van der Waals surface area contributed by atoms with Gasteiger partial charge in [0.1, 0.15) is 6.10 Å². The molecule has 0 fully saturated rings. The number of hydrogen-bond acceptors (Lipinski definition) is 3. The number of aliphatic carboxylic acids is 1. The highest BCUT2D eigenvalue weighted by Gasteiger charge is 2.24. The second-order valence-corrected chi connectivity index (χ2v) is 4.15. The lowest BCUT2D eigenvalue weighted by Crippen LogP contribution is -2.39. The summed E-state index contributed by atoms with van der Waals surface area (Å²) in [5, 5.41) is 12.0. The number of benzene rings is 1. The summed E-state index contributed by atoms with van der Waals surface area (Å²) in [7, 11) is 1.38. The van der Waals surface area contributed by atoms with Gasteiger partial charge in [-0.25, -0.2) is 4.79 Å². The number of rotatable bonds is 5. The molecule has 2 atom stereocenters. The van der Waals surface area contributed by atoms with Crippen LogP contribution < -0.4 is 5.32 Å². The molecule has 5 nitrogen and oxygen atoms in total. The van der Waals surface area contributed by atoms with Crippen LogP contribution in [0.5, 0.6) is 0 Å². The normalized spacial score (nSPS) is 13.7. The average molecular weight is 272 g/mol. The number of ether oxygens (including phenoxy) is 1. The maximum Gasteiger partial charge on any atom is 0.330 e. The number of carbonyl (C=O) groups excluding carboxylic acids is 1. The molecule has 1 rings (SSSR count). The lowest BCUT2D eigenvalue weighted by atomic mass is 10.1. The van der Waals surface area contributed by atoms with Crippen LogP contribution in [0.25, 0.3) is 0 Å². The van der Waals surface area contributed by atoms with E-state index in [2.05, 4.69) is 5.32 Å². The van der Waals surface area contributed by atoms with Crippen LogP contribution in [0, 0.1) is 0 Å². The second-order valence-electron chi connectivity index (χ2n) is 3.71. The molecule has 18 heavy (non-hydrogen) atoms. The third kappa shape index (κ3) is 3.72. The van der Waals surface area contributed by atoms with Gasteiger partial charge in [-0.2, -0.15) is 0 Å². The molecule has 1 amide bonds. The number of halogens is 1. The smallest absolute Gasteiger partial charge is 0.330 e. The van der Waals surface area contributed by atoms with Gasteiger partial charge >= 0.3 is 5.97 Å². The van der Waals surface area contributed by atoms with E-state index in [4.69, 9.17) is 21.4 Å². The van der Waals surface area contributed by atoms with E-state index >= 15 is 0 Å². The van der Waals surface area contributed by atoms with Crippen molar-refractivity contribution in [3.63, 3.8) is 0 Å². The molecule has 0 spiro atoms. The van der Waals surface area contributed by atoms with Crippen LogP contribution in [-0.2, 0) is 14.3 Å². The summed E-state index contributed by atoms with van der Waals surface area (Å²) in [4.78, 5) is 22.7. The van der Waals surface area contributed by atoms with Gasteiger partial charge in [-0.15, -0.1) is 0 Å². The number of methoxy groups -OCH3 is 1. The number of carbonyl (C=O) groups is 2. The average Bonchev–Trinajstić information content (AvgIpc) is 2.35. The first kappa shape index (κ1) is 14.5. The Morgan fingerprint density at radius 2 is 1.89 bits per heavy atom. The molecule has 1 aromatic carbocycles. The van der Waals surface area contributed by atoms with E-state index in [1.807, 2.05) is 0 Å². The maximum absolute atomic E-state index is 11.6. The van der Waals surface area contributed by atoms with Gasteiger partial charge in [0, 0.05) is 12.1 Å². The van der Waals surface area contributed by atoms with E-state index in [1.165, 1.54) is 14.0 Å². The van der Waals surface area contributed by atoms with Crippen molar-refractivity contribution in [1.82, 2.24) is 5.32 Å². The van der Waals surface area contributed by atoms with E-state index in [1.54, 1.807) is 24.3 Å². The van der Waals surface area contributed by atoms with Crippen LogP contribution in [0.1, 0.15) is 18.5 Å². The SMILES string of the molecule is COC(C)C(=O)NC(C(=O)O)c1ccc(Cl)cc1. The Bertz CT molecular complexity index is 432. The van der Waals surface area contributed by atoms with Crippen molar-refractivity contribution in [3.05, 3.63) is 34.9 Å². The number of carboxylic acids is 1. The Kier molecular flexibility index (Phi) is 5.12. The minimum atomic E-state index is -1.14. The number of nitrogens with one attached hydrogen (secondary N) is 1. The standard InChI is InChI=1S/C12H14ClNO4/c1-7(18-2)11(15)14-10(12(16)17)8-3-5-9(13)6-4-8/h3-7,10H,1-2H3,(H,14,15)(H,16,17). The van der Waals surface area contributed by atoms with Crippen molar-refractivity contribution in [2.45, 2.75) is 19.1 Å². The molecule has 0 radical (unpaired) electrons. The Morgan fingerprint density at radius 1 is 1.33 bits per heavy atom. The molecule has 6 heteroatoms. The van der Waals surface area contributed by atoms with Gasteiger partial charge in [-0.3, -0.25) is 4.79 Å². The maximum atomic E-state index is 11.6. The highest BCUT2D eigenvalue weighted by atomic mass is 35.5. The minimum Gasteiger partial charge on any atom is -0.479 e. The molecule has 0 heterocycles. The Morgan fingerprint density at radius 3 is 2.33 bits per heavy atom. The van der Waals surface area contributed by atoms with Crippen LogP contribution in [0.3, 0.4) is 0 Å². The first-order valence-electron chi connectivity index (χ1n) is 5.27. The van der Waals surface area contributed by atoms with Gasteiger partial charge in [0.15, 0.2) is 6.04 Å². The minimum absolute atomic E-state index is 0.448. The highest BCUT2D eigenvalue weighted by Crippen LogP contribution is 2.17. The molecule has 0 aliphatic rings. The van der Waals surface area contributed by atoms with Gasteiger partial charge in [0.05, 0.1) is 0 Å². The zero-order valence-electron chi connectivity index (χ0n) is 10.0. The van der Waals surface area contributed by atoms with Gasteiger partial charge in [-0.1, -0.05) is 23.7 Å². The first-order chi connectivity index (χ1) is 8.45. The molecular formula is C12H14ClNO4. The van der Waals surface area contributed by atoms with Crippen molar-refractivity contribution >= 4 is 23.5 Å².